The van der Waals surface area contributed by atoms with E-state index in [0.717, 1.165) is 10.5 Å². The Hall–Kier alpha value is 1.10. The molecule has 2 fully saturated rings. The molecule has 2 aliphatic rings. The Morgan fingerprint density at radius 1 is 1.12 bits per heavy atom. The second-order valence-corrected chi connectivity index (χ2v) is 10.3. The quantitative estimate of drug-likeness (QED) is 0.681. The molecule has 2 saturated heterocycles. The summed E-state index contributed by atoms with van der Waals surface area (Å²) in [6.45, 7) is 0. The van der Waals surface area contributed by atoms with Crippen LogP contribution in [-0.2, 0) is 11.5 Å². The highest BCUT2D eigenvalue weighted by Crippen LogP contribution is 2.35. The van der Waals surface area contributed by atoms with Gasteiger partial charge in [0.2, 0.25) is 0 Å². The molecular formula is C12H16S5. The van der Waals surface area contributed by atoms with Crippen LogP contribution in [0.4, 0.5) is 0 Å². The monoisotopic (exact) mass is 320 g/mol. The van der Waals surface area contributed by atoms with Crippen LogP contribution in [0.3, 0.4) is 0 Å². The van der Waals surface area contributed by atoms with E-state index in [4.69, 9.17) is 0 Å². The van der Waals surface area contributed by atoms with Gasteiger partial charge in [0, 0.05) is 54.8 Å². The number of thioether (sulfide) groups is 4. The van der Waals surface area contributed by atoms with E-state index in [2.05, 4.69) is 59.2 Å². The van der Waals surface area contributed by atoms with Crippen molar-refractivity contribution in [1.29, 1.82) is 0 Å². The third-order valence-electron chi connectivity index (χ3n) is 2.74. The zero-order valence-corrected chi connectivity index (χ0v) is 13.7. The minimum absolute atomic E-state index is 0.937. The molecular weight excluding hydrogens is 304 g/mol. The van der Waals surface area contributed by atoms with Crippen LogP contribution in [-0.4, -0.2) is 33.5 Å². The third kappa shape index (κ3) is 4.30. The predicted octanol–water partition coefficient (Wildman–Crippen LogP) is 4.45. The molecule has 3 rings (SSSR count). The van der Waals surface area contributed by atoms with Crippen LogP contribution in [0.2, 0.25) is 0 Å². The van der Waals surface area contributed by atoms with Crippen molar-refractivity contribution in [3.8, 4) is 0 Å². The minimum Gasteiger partial charge on any atom is -0.160 e. The molecule has 5 heteroatoms. The molecule has 2 aliphatic heterocycles. The van der Waals surface area contributed by atoms with Crippen molar-refractivity contribution in [2.45, 2.75) is 22.0 Å². The molecule has 0 nitrogen and oxygen atoms in total. The highest BCUT2D eigenvalue weighted by molar-refractivity contribution is 8.08. The lowest BCUT2D eigenvalue weighted by atomic mass is 10.5. The average Bonchev–Trinajstić information content (AvgIpc) is 2.96. The average molecular weight is 321 g/mol. The van der Waals surface area contributed by atoms with Gasteiger partial charge in [0.15, 0.2) is 0 Å². The summed E-state index contributed by atoms with van der Waals surface area (Å²) in [6.07, 6.45) is 0. The van der Waals surface area contributed by atoms with Crippen molar-refractivity contribution in [2.24, 2.45) is 0 Å². The first kappa shape index (κ1) is 13.1. The first-order valence-corrected chi connectivity index (χ1v) is 11.1. The van der Waals surface area contributed by atoms with E-state index in [1.54, 1.807) is 9.75 Å². The summed E-state index contributed by atoms with van der Waals surface area (Å²) in [5.74, 6) is 7.96. The van der Waals surface area contributed by atoms with Crippen LogP contribution in [0.15, 0.2) is 12.1 Å². The van der Waals surface area contributed by atoms with Gasteiger partial charge in [-0.05, 0) is 12.1 Å². The second-order valence-electron chi connectivity index (χ2n) is 4.31. The zero-order valence-electron chi connectivity index (χ0n) is 9.59. The Kier molecular flexibility index (Phi) is 5.01. The molecule has 1 aromatic rings. The van der Waals surface area contributed by atoms with Crippen molar-refractivity contribution < 1.29 is 0 Å². The summed E-state index contributed by atoms with van der Waals surface area (Å²) in [4.78, 5) is 3.14. The molecule has 94 valence electrons. The normalized spacial score (nSPS) is 23.6. The van der Waals surface area contributed by atoms with E-state index in [1.807, 2.05) is 11.3 Å². The molecule has 0 spiro atoms. The van der Waals surface area contributed by atoms with E-state index >= 15 is 0 Å². The molecule has 0 aliphatic carbocycles. The van der Waals surface area contributed by atoms with Crippen LogP contribution < -0.4 is 0 Å². The lowest BCUT2D eigenvalue weighted by molar-refractivity contribution is 1.08. The van der Waals surface area contributed by atoms with Crippen LogP contribution in [0, 0.1) is 0 Å². The Morgan fingerprint density at radius 3 is 2.53 bits per heavy atom. The van der Waals surface area contributed by atoms with Crippen molar-refractivity contribution in [3.63, 3.8) is 0 Å². The maximum atomic E-state index is 2.34. The van der Waals surface area contributed by atoms with Crippen molar-refractivity contribution in [1.82, 2.24) is 0 Å². The number of thiophene rings is 1. The molecule has 1 aromatic heterocycles. The van der Waals surface area contributed by atoms with Gasteiger partial charge >= 0.3 is 0 Å². The highest BCUT2D eigenvalue weighted by Gasteiger charge is 2.22. The van der Waals surface area contributed by atoms with E-state index < -0.39 is 0 Å². The largest absolute Gasteiger partial charge is 0.160 e. The highest BCUT2D eigenvalue weighted by atomic mass is 32.2. The van der Waals surface area contributed by atoms with Crippen LogP contribution in [0.25, 0.3) is 0 Å². The molecule has 0 N–H and O–H groups in total. The topological polar surface area (TPSA) is 0 Å². The van der Waals surface area contributed by atoms with Gasteiger partial charge < -0.3 is 0 Å². The van der Waals surface area contributed by atoms with Gasteiger partial charge in [0.1, 0.15) is 0 Å². The number of hydrogen-bond donors (Lipinski definition) is 0. The maximum absolute atomic E-state index is 2.34. The van der Waals surface area contributed by atoms with Gasteiger partial charge in [-0.25, -0.2) is 0 Å². The van der Waals surface area contributed by atoms with Crippen LogP contribution in [0.1, 0.15) is 9.75 Å². The van der Waals surface area contributed by atoms with Crippen molar-refractivity contribution in [2.75, 3.05) is 23.0 Å². The Labute approximate surface area is 124 Å². The fourth-order valence-corrected chi connectivity index (χ4v) is 7.22. The Morgan fingerprint density at radius 2 is 1.88 bits per heavy atom. The van der Waals surface area contributed by atoms with Crippen molar-refractivity contribution in [3.05, 3.63) is 21.9 Å². The predicted molar refractivity (Wildman–Crippen MR) is 89.1 cm³/mol. The van der Waals surface area contributed by atoms with E-state index in [1.165, 1.54) is 34.5 Å². The Balaban J connectivity index is 1.37. The lowest BCUT2D eigenvalue weighted by Crippen LogP contribution is -2.20. The fraction of sp³-hybridized carbons (Fsp3) is 0.667. The first-order valence-electron chi connectivity index (χ1n) is 5.86. The second kappa shape index (κ2) is 6.51. The molecule has 0 saturated carbocycles. The molecule has 0 amide bonds. The lowest BCUT2D eigenvalue weighted by Gasteiger charge is -2.23. The molecule has 1 atom stereocenters. The summed E-state index contributed by atoms with van der Waals surface area (Å²) in [7, 11) is 0. The van der Waals surface area contributed by atoms with E-state index in [-0.39, 0.29) is 0 Å². The summed E-state index contributed by atoms with van der Waals surface area (Å²) < 4.78 is 0. The first-order chi connectivity index (χ1) is 8.40. The fourth-order valence-electron chi connectivity index (χ4n) is 1.54. The van der Waals surface area contributed by atoms with Crippen LogP contribution >= 0.6 is 58.4 Å². The summed E-state index contributed by atoms with van der Waals surface area (Å²) in [6, 6.07) is 4.67. The summed E-state index contributed by atoms with van der Waals surface area (Å²) >= 11 is 10.5. The molecule has 0 bridgehead atoms. The molecule has 0 radical (unpaired) electrons. The SMILES string of the molecule is c1cc(CSC2CSC2)sc1CSCC1CS1. The number of rotatable bonds is 7. The molecule has 3 heterocycles. The molecule has 0 aromatic carbocycles. The van der Waals surface area contributed by atoms with Gasteiger partial charge in [-0.2, -0.15) is 47.0 Å². The van der Waals surface area contributed by atoms with Crippen molar-refractivity contribution >= 4 is 58.4 Å². The number of hydrogen-bond acceptors (Lipinski definition) is 5. The smallest absolute Gasteiger partial charge is 0.0282 e. The Bertz CT molecular complexity index is 354. The van der Waals surface area contributed by atoms with Gasteiger partial charge in [0.25, 0.3) is 0 Å². The van der Waals surface area contributed by atoms with E-state index in [0.29, 0.717) is 0 Å². The van der Waals surface area contributed by atoms with Gasteiger partial charge in [0.05, 0.1) is 0 Å². The van der Waals surface area contributed by atoms with Gasteiger partial charge in [-0.3, -0.25) is 0 Å². The van der Waals surface area contributed by atoms with Gasteiger partial charge in [-0.1, -0.05) is 0 Å². The van der Waals surface area contributed by atoms with Gasteiger partial charge in [-0.15, -0.1) is 11.3 Å². The summed E-state index contributed by atoms with van der Waals surface area (Å²) in [5, 5.41) is 1.91. The third-order valence-corrected chi connectivity index (χ3v) is 9.50. The zero-order chi connectivity index (χ0) is 11.5. The standard InChI is InChI=1S/C12H16S5/c1-2-10(7-15-11-4-14-5-11)17-9(1)3-13-6-12-8-16-12/h1-2,11-12H,3-8H2. The van der Waals surface area contributed by atoms with E-state index in [9.17, 15) is 0 Å². The molecule has 1 unspecified atom stereocenters. The summed E-state index contributed by atoms with van der Waals surface area (Å²) in [5.41, 5.74) is 0. The maximum Gasteiger partial charge on any atom is 0.0282 e. The minimum atomic E-state index is 0.937. The van der Waals surface area contributed by atoms with Crippen LogP contribution in [0.5, 0.6) is 0 Å². The molecule has 17 heavy (non-hydrogen) atoms.